The lowest BCUT2D eigenvalue weighted by molar-refractivity contribution is 0.648. The minimum absolute atomic E-state index is 0.217. The summed E-state index contributed by atoms with van der Waals surface area (Å²) in [7, 11) is 0. The molecule has 0 aliphatic rings. The molecule has 0 amide bonds. The molecule has 80 valence electrons. The quantitative estimate of drug-likeness (QED) is 0.764. The summed E-state index contributed by atoms with van der Waals surface area (Å²) in [5.41, 5.74) is 1.69. The summed E-state index contributed by atoms with van der Waals surface area (Å²) in [6, 6.07) is 9.23. The highest BCUT2D eigenvalue weighted by Gasteiger charge is 1.99. The first-order chi connectivity index (χ1) is 7.75. The molecule has 0 radical (unpaired) electrons. The second-order valence-electron chi connectivity index (χ2n) is 3.43. The fourth-order valence-corrected chi connectivity index (χ4v) is 1.45. The van der Waals surface area contributed by atoms with Gasteiger partial charge in [0.1, 0.15) is 0 Å². The molecule has 0 bridgehead atoms. The molecule has 1 heterocycles. The van der Waals surface area contributed by atoms with E-state index in [9.17, 15) is 4.39 Å². The van der Waals surface area contributed by atoms with Crippen molar-refractivity contribution in [1.29, 1.82) is 0 Å². The Morgan fingerprint density at radius 2 is 1.94 bits per heavy atom. The minimum Gasteiger partial charge on any atom is -0.237 e. The summed E-state index contributed by atoms with van der Waals surface area (Å²) in [5, 5.41) is 0. The monoisotopic (exact) mass is 214 g/mol. The molecule has 2 rings (SSSR count). The lowest BCUT2D eigenvalue weighted by Gasteiger charge is -2.00. The summed E-state index contributed by atoms with van der Waals surface area (Å²) < 4.78 is 12.8. The highest BCUT2D eigenvalue weighted by atomic mass is 19.1. The molecule has 0 aliphatic heterocycles. The van der Waals surface area contributed by atoms with E-state index >= 15 is 0 Å². The Hall–Kier alpha value is -2.03. The molecule has 16 heavy (non-hydrogen) atoms. The van der Waals surface area contributed by atoms with Crippen LogP contribution in [0, 0.1) is 0 Å². The van der Waals surface area contributed by atoms with Gasteiger partial charge in [-0.25, -0.2) is 14.4 Å². The van der Waals surface area contributed by atoms with Crippen LogP contribution < -0.4 is 0 Å². The summed E-state index contributed by atoms with van der Waals surface area (Å²) in [4.78, 5) is 8.29. The summed E-state index contributed by atoms with van der Waals surface area (Å²) >= 11 is 0. The number of allylic oxidation sites excluding steroid dienone is 1. The van der Waals surface area contributed by atoms with E-state index in [2.05, 4.69) is 9.97 Å². The standard InChI is InChI=1S/C13H11FN2/c1-10(14)8-11-4-2-5-12(9-11)13-15-6-3-7-16-13/h2-9H,1H3/b10-8-. The smallest absolute Gasteiger partial charge is 0.159 e. The van der Waals surface area contributed by atoms with Crippen molar-refractivity contribution in [1.82, 2.24) is 9.97 Å². The van der Waals surface area contributed by atoms with E-state index in [1.165, 1.54) is 13.0 Å². The van der Waals surface area contributed by atoms with E-state index < -0.39 is 0 Å². The second kappa shape index (κ2) is 4.66. The fourth-order valence-electron chi connectivity index (χ4n) is 1.45. The first kappa shape index (κ1) is 10.5. The van der Waals surface area contributed by atoms with Crippen LogP contribution in [-0.2, 0) is 0 Å². The predicted molar refractivity (Wildman–Crippen MR) is 62.2 cm³/mol. The van der Waals surface area contributed by atoms with Gasteiger partial charge in [-0.3, -0.25) is 0 Å². The Kier molecular flexibility index (Phi) is 3.05. The minimum atomic E-state index is -0.217. The van der Waals surface area contributed by atoms with Crippen LogP contribution in [0.5, 0.6) is 0 Å². The highest BCUT2D eigenvalue weighted by molar-refractivity contribution is 5.62. The van der Waals surface area contributed by atoms with Gasteiger partial charge >= 0.3 is 0 Å². The van der Waals surface area contributed by atoms with Crippen molar-refractivity contribution in [3.05, 3.63) is 54.1 Å². The molecule has 1 aromatic heterocycles. The molecule has 3 heteroatoms. The molecule has 0 saturated carbocycles. The maximum atomic E-state index is 12.8. The zero-order valence-electron chi connectivity index (χ0n) is 8.89. The van der Waals surface area contributed by atoms with Gasteiger partial charge in [-0.05, 0) is 30.7 Å². The number of hydrogen-bond acceptors (Lipinski definition) is 2. The van der Waals surface area contributed by atoms with Crippen LogP contribution in [0.4, 0.5) is 4.39 Å². The van der Waals surface area contributed by atoms with Gasteiger partial charge in [0.2, 0.25) is 0 Å². The Morgan fingerprint density at radius 3 is 2.62 bits per heavy atom. The summed E-state index contributed by atoms with van der Waals surface area (Å²) in [5.74, 6) is 0.431. The largest absolute Gasteiger partial charge is 0.237 e. The Morgan fingerprint density at radius 1 is 1.19 bits per heavy atom. The van der Waals surface area contributed by atoms with Crippen LogP contribution in [0.15, 0.2) is 48.6 Å². The molecule has 0 N–H and O–H groups in total. The normalized spacial score (nSPS) is 11.5. The molecule has 2 nitrogen and oxygen atoms in total. The van der Waals surface area contributed by atoms with Crippen LogP contribution in [0.25, 0.3) is 17.5 Å². The lowest BCUT2D eigenvalue weighted by Crippen LogP contribution is -1.86. The van der Waals surface area contributed by atoms with Crippen molar-refractivity contribution >= 4 is 6.08 Å². The SMILES string of the molecule is C/C(F)=C/c1cccc(-c2ncccn2)c1. The van der Waals surface area contributed by atoms with Gasteiger partial charge in [0.05, 0.1) is 5.83 Å². The van der Waals surface area contributed by atoms with E-state index in [4.69, 9.17) is 0 Å². The molecule has 0 aliphatic carbocycles. The van der Waals surface area contributed by atoms with Crippen molar-refractivity contribution in [2.24, 2.45) is 0 Å². The predicted octanol–water partition coefficient (Wildman–Crippen LogP) is 3.47. The number of halogens is 1. The van der Waals surface area contributed by atoms with Crippen LogP contribution in [0.3, 0.4) is 0 Å². The van der Waals surface area contributed by atoms with Gasteiger partial charge < -0.3 is 0 Å². The average Bonchev–Trinajstić information content (AvgIpc) is 2.30. The molecule has 0 spiro atoms. The molecule has 0 atom stereocenters. The number of rotatable bonds is 2. The van der Waals surface area contributed by atoms with Crippen molar-refractivity contribution < 1.29 is 4.39 Å². The van der Waals surface area contributed by atoms with Gasteiger partial charge in [0, 0.05) is 18.0 Å². The van der Waals surface area contributed by atoms with E-state index in [1.807, 2.05) is 24.3 Å². The molecule has 1 aromatic carbocycles. The third-order valence-electron chi connectivity index (χ3n) is 2.08. The van der Waals surface area contributed by atoms with Crippen molar-refractivity contribution in [2.45, 2.75) is 6.92 Å². The highest BCUT2D eigenvalue weighted by Crippen LogP contribution is 2.17. The third kappa shape index (κ3) is 2.51. The zero-order chi connectivity index (χ0) is 11.4. The Balaban J connectivity index is 2.41. The van der Waals surface area contributed by atoms with Crippen LogP contribution in [-0.4, -0.2) is 9.97 Å². The maximum absolute atomic E-state index is 12.8. The number of aromatic nitrogens is 2. The van der Waals surface area contributed by atoms with Crippen LogP contribution >= 0.6 is 0 Å². The van der Waals surface area contributed by atoms with Gasteiger partial charge in [-0.15, -0.1) is 0 Å². The number of benzene rings is 1. The molecule has 2 aromatic rings. The van der Waals surface area contributed by atoms with Gasteiger partial charge in [-0.2, -0.15) is 0 Å². The van der Waals surface area contributed by atoms with Crippen LogP contribution in [0.1, 0.15) is 12.5 Å². The van der Waals surface area contributed by atoms with Crippen molar-refractivity contribution in [3.63, 3.8) is 0 Å². The maximum Gasteiger partial charge on any atom is 0.159 e. The number of nitrogens with zero attached hydrogens (tertiary/aromatic N) is 2. The number of hydrogen-bond donors (Lipinski definition) is 0. The van der Waals surface area contributed by atoms with E-state index in [-0.39, 0.29) is 5.83 Å². The molecule has 0 unspecified atom stereocenters. The van der Waals surface area contributed by atoms with Gasteiger partial charge in [-0.1, -0.05) is 18.2 Å². The molecule has 0 fully saturated rings. The first-order valence-corrected chi connectivity index (χ1v) is 4.97. The molecular weight excluding hydrogens is 203 g/mol. The van der Waals surface area contributed by atoms with E-state index in [0.29, 0.717) is 5.82 Å². The average molecular weight is 214 g/mol. The summed E-state index contributed by atoms with van der Waals surface area (Å²) in [6.45, 7) is 1.42. The zero-order valence-corrected chi connectivity index (χ0v) is 8.89. The van der Waals surface area contributed by atoms with Crippen LogP contribution in [0.2, 0.25) is 0 Å². The van der Waals surface area contributed by atoms with Gasteiger partial charge in [0.25, 0.3) is 0 Å². The van der Waals surface area contributed by atoms with E-state index in [1.54, 1.807) is 18.5 Å². The summed E-state index contributed by atoms with van der Waals surface area (Å²) in [6.07, 6.45) is 4.85. The molecule has 0 saturated heterocycles. The van der Waals surface area contributed by atoms with Crippen molar-refractivity contribution in [3.8, 4) is 11.4 Å². The van der Waals surface area contributed by atoms with Crippen molar-refractivity contribution in [2.75, 3.05) is 0 Å². The first-order valence-electron chi connectivity index (χ1n) is 4.97. The Labute approximate surface area is 93.5 Å². The lowest BCUT2D eigenvalue weighted by atomic mass is 10.1. The Bertz CT molecular complexity index is 502. The van der Waals surface area contributed by atoms with E-state index in [0.717, 1.165) is 11.1 Å². The fraction of sp³-hybridized carbons (Fsp3) is 0.0769. The van der Waals surface area contributed by atoms with Gasteiger partial charge in [0.15, 0.2) is 5.82 Å². The topological polar surface area (TPSA) is 25.8 Å². The molecular formula is C13H11FN2. The second-order valence-corrected chi connectivity index (χ2v) is 3.43. The third-order valence-corrected chi connectivity index (χ3v) is 2.08.